The normalized spacial score (nSPS) is 16.7. The van der Waals surface area contributed by atoms with Gasteiger partial charge in [0.15, 0.2) is 0 Å². The van der Waals surface area contributed by atoms with Crippen LogP contribution < -0.4 is 10.2 Å². The first-order valence-electron chi connectivity index (χ1n) is 9.90. The summed E-state index contributed by atoms with van der Waals surface area (Å²) in [5.41, 5.74) is 0.727. The molecule has 0 spiro atoms. The molecule has 1 unspecified atom stereocenters. The summed E-state index contributed by atoms with van der Waals surface area (Å²) in [7, 11) is 1.62. The Morgan fingerprint density at radius 1 is 1.21 bits per heavy atom. The summed E-state index contributed by atoms with van der Waals surface area (Å²) in [6, 6.07) is 6.94. The summed E-state index contributed by atoms with van der Waals surface area (Å²) in [6.45, 7) is 8.45. The molecule has 1 saturated heterocycles. The SMILES string of the molecule is CCOC(=O)N(C)c1ccc(NC(=O)C2CCCN(C(=O)OC(C)(C)C)C2)cc1. The zero-order chi connectivity index (χ0) is 21.6. The Morgan fingerprint density at radius 2 is 1.86 bits per heavy atom. The minimum absolute atomic E-state index is 0.134. The molecule has 1 atom stereocenters. The molecular weight excluding hydrogens is 374 g/mol. The van der Waals surface area contributed by atoms with Gasteiger partial charge in [-0.3, -0.25) is 9.69 Å². The van der Waals surface area contributed by atoms with Crippen molar-refractivity contribution in [2.75, 3.05) is 37.0 Å². The van der Waals surface area contributed by atoms with Gasteiger partial charge in [0.2, 0.25) is 5.91 Å². The van der Waals surface area contributed by atoms with E-state index in [1.165, 1.54) is 4.90 Å². The maximum Gasteiger partial charge on any atom is 0.413 e. The van der Waals surface area contributed by atoms with Crippen LogP contribution in [0.1, 0.15) is 40.5 Å². The van der Waals surface area contributed by atoms with Crippen LogP contribution in [0.2, 0.25) is 0 Å². The minimum atomic E-state index is -0.565. The van der Waals surface area contributed by atoms with Gasteiger partial charge in [0, 0.05) is 31.5 Å². The van der Waals surface area contributed by atoms with Crippen LogP contribution in [-0.4, -0.2) is 55.3 Å². The topological polar surface area (TPSA) is 88.2 Å². The Bertz CT molecular complexity index is 727. The first kappa shape index (κ1) is 22.5. The van der Waals surface area contributed by atoms with Crippen LogP contribution >= 0.6 is 0 Å². The summed E-state index contributed by atoms with van der Waals surface area (Å²) in [5, 5.41) is 2.89. The highest BCUT2D eigenvalue weighted by Crippen LogP contribution is 2.22. The van der Waals surface area contributed by atoms with Crippen molar-refractivity contribution >= 4 is 29.5 Å². The van der Waals surface area contributed by atoms with E-state index in [1.807, 2.05) is 20.8 Å². The molecule has 0 aromatic heterocycles. The van der Waals surface area contributed by atoms with Crippen molar-refractivity contribution in [2.45, 2.75) is 46.1 Å². The van der Waals surface area contributed by atoms with Crippen molar-refractivity contribution in [3.05, 3.63) is 24.3 Å². The number of nitrogens with zero attached hydrogens (tertiary/aromatic N) is 2. The fraction of sp³-hybridized carbons (Fsp3) is 0.571. The second-order valence-electron chi connectivity index (χ2n) is 8.06. The first-order valence-corrected chi connectivity index (χ1v) is 9.90. The summed E-state index contributed by atoms with van der Waals surface area (Å²) in [4.78, 5) is 39.7. The van der Waals surface area contributed by atoms with E-state index in [-0.39, 0.29) is 17.9 Å². The quantitative estimate of drug-likeness (QED) is 0.822. The molecule has 1 aliphatic rings. The second kappa shape index (κ2) is 9.62. The Hall–Kier alpha value is -2.77. The zero-order valence-corrected chi connectivity index (χ0v) is 17.9. The molecule has 1 aliphatic heterocycles. The fourth-order valence-corrected chi connectivity index (χ4v) is 3.02. The van der Waals surface area contributed by atoms with Gasteiger partial charge >= 0.3 is 12.2 Å². The highest BCUT2D eigenvalue weighted by Gasteiger charge is 2.31. The van der Waals surface area contributed by atoms with Crippen molar-refractivity contribution in [1.29, 1.82) is 0 Å². The monoisotopic (exact) mass is 405 g/mol. The van der Waals surface area contributed by atoms with Crippen LogP contribution in [0.5, 0.6) is 0 Å². The van der Waals surface area contributed by atoms with Gasteiger partial charge < -0.3 is 19.7 Å². The standard InChI is InChI=1S/C21H31N3O5/c1-6-28-19(26)23(5)17-11-9-16(10-12-17)22-18(25)15-8-7-13-24(14-15)20(27)29-21(2,3)4/h9-12,15H,6-8,13-14H2,1-5H3,(H,22,25). The molecule has 3 amide bonds. The summed E-state index contributed by atoms with van der Waals surface area (Å²) in [6.07, 6.45) is 0.644. The number of amides is 3. The van der Waals surface area contributed by atoms with Crippen LogP contribution in [0.4, 0.5) is 21.0 Å². The van der Waals surface area contributed by atoms with E-state index in [4.69, 9.17) is 9.47 Å². The molecule has 160 valence electrons. The average molecular weight is 405 g/mol. The number of ether oxygens (including phenoxy) is 2. The Labute approximate surface area is 172 Å². The van der Waals surface area contributed by atoms with Crippen molar-refractivity contribution in [3.63, 3.8) is 0 Å². The van der Waals surface area contributed by atoms with Gasteiger partial charge in [-0.25, -0.2) is 9.59 Å². The largest absolute Gasteiger partial charge is 0.449 e. The summed E-state index contributed by atoms with van der Waals surface area (Å²) < 4.78 is 10.4. The predicted molar refractivity (Wildman–Crippen MR) is 111 cm³/mol. The molecule has 29 heavy (non-hydrogen) atoms. The van der Waals surface area contributed by atoms with Crippen molar-refractivity contribution in [3.8, 4) is 0 Å². The number of piperidine rings is 1. The molecule has 0 radical (unpaired) electrons. The van der Waals surface area contributed by atoms with E-state index in [0.717, 1.165) is 12.8 Å². The molecule has 0 bridgehead atoms. The van der Waals surface area contributed by atoms with Gasteiger partial charge in [-0.2, -0.15) is 0 Å². The lowest BCUT2D eigenvalue weighted by molar-refractivity contribution is -0.121. The third-order valence-corrected chi connectivity index (χ3v) is 4.51. The lowest BCUT2D eigenvalue weighted by atomic mass is 9.97. The molecule has 8 nitrogen and oxygen atoms in total. The third-order valence-electron chi connectivity index (χ3n) is 4.51. The van der Waals surface area contributed by atoms with Gasteiger partial charge in [-0.1, -0.05) is 0 Å². The van der Waals surface area contributed by atoms with Gasteiger partial charge in [0.1, 0.15) is 5.60 Å². The smallest absolute Gasteiger partial charge is 0.413 e. The fourth-order valence-electron chi connectivity index (χ4n) is 3.02. The maximum absolute atomic E-state index is 12.7. The molecule has 0 aliphatic carbocycles. The molecule has 1 aromatic rings. The van der Waals surface area contributed by atoms with Crippen molar-refractivity contribution in [1.82, 2.24) is 4.90 Å². The van der Waals surface area contributed by atoms with E-state index in [0.29, 0.717) is 31.1 Å². The van der Waals surface area contributed by atoms with E-state index in [9.17, 15) is 14.4 Å². The number of hydrogen-bond donors (Lipinski definition) is 1. The summed E-state index contributed by atoms with van der Waals surface area (Å²) >= 11 is 0. The lowest BCUT2D eigenvalue weighted by Crippen LogP contribution is -2.45. The van der Waals surface area contributed by atoms with E-state index in [2.05, 4.69) is 5.32 Å². The Balaban J connectivity index is 1.94. The highest BCUT2D eigenvalue weighted by atomic mass is 16.6. The molecular formula is C21H31N3O5. The van der Waals surface area contributed by atoms with Crippen LogP contribution in [0, 0.1) is 5.92 Å². The molecule has 0 saturated carbocycles. The third kappa shape index (κ3) is 6.66. The maximum atomic E-state index is 12.7. The van der Waals surface area contributed by atoms with Crippen molar-refractivity contribution in [2.24, 2.45) is 5.92 Å². The Kier molecular flexibility index (Phi) is 7.47. The molecule has 1 fully saturated rings. The number of carbonyl (C=O) groups excluding carboxylic acids is 3. The van der Waals surface area contributed by atoms with Gasteiger partial charge in [-0.05, 0) is 64.8 Å². The minimum Gasteiger partial charge on any atom is -0.449 e. The number of carbonyl (C=O) groups is 3. The number of likely N-dealkylation sites (tertiary alicyclic amines) is 1. The van der Waals surface area contributed by atoms with Gasteiger partial charge in [0.05, 0.1) is 12.5 Å². The van der Waals surface area contributed by atoms with Crippen molar-refractivity contribution < 1.29 is 23.9 Å². The Morgan fingerprint density at radius 3 is 2.45 bits per heavy atom. The van der Waals surface area contributed by atoms with E-state index in [1.54, 1.807) is 43.1 Å². The van der Waals surface area contributed by atoms with Gasteiger partial charge in [-0.15, -0.1) is 0 Å². The average Bonchev–Trinajstić information content (AvgIpc) is 2.67. The van der Waals surface area contributed by atoms with E-state index < -0.39 is 11.7 Å². The number of hydrogen-bond acceptors (Lipinski definition) is 5. The van der Waals surface area contributed by atoms with Crippen LogP contribution in [0.25, 0.3) is 0 Å². The molecule has 2 rings (SSSR count). The van der Waals surface area contributed by atoms with E-state index >= 15 is 0 Å². The second-order valence-corrected chi connectivity index (χ2v) is 8.06. The van der Waals surface area contributed by atoms with Crippen LogP contribution in [0.3, 0.4) is 0 Å². The number of benzene rings is 1. The molecule has 1 heterocycles. The van der Waals surface area contributed by atoms with Crippen LogP contribution in [-0.2, 0) is 14.3 Å². The number of rotatable bonds is 4. The number of anilines is 2. The van der Waals surface area contributed by atoms with Crippen LogP contribution in [0.15, 0.2) is 24.3 Å². The zero-order valence-electron chi connectivity index (χ0n) is 17.9. The lowest BCUT2D eigenvalue weighted by Gasteiger charge is -2.33. The summed E-state index contributed by atoms with van der Waals surface area (Å²) in [5.74, 6) is -0.428. The molecule has 1 aromatic carbocycles. The van der Waals surface area contributed by atoms with Gasteiger partial charge in [0.25, 0.3) is 0 Å². The predicted octanol–water partition coefficient (Wildman–Crippen LogP) is 3.86. The molecule has 1 N–H and O–H groups in total. The first-order chi connectivity index (χ1) is 13.6. The molecule has 8 heteroatoms. The highest BCUT2D eigenvalue weighted by molar-refractivity contribution is 5.93. The number of nitrogens with one attached hydrogen (secondary N) is 1.